The molecule has 0 atom stereocenters. The van der Waals surface area contributed by atoms with E-state index in [-0.39, 0.29) is 36.3 Å². The van der Waals surface area contributed by atoms with Gasteiger partial charge in [0.1, 0.15) is 24.3 Å². The van der Waals surface area contributed by atoms with E-state index in [0.717, 1.165) is 17.3 Å². The van der Waals surface area contributed by atoms with Crippen molar-refractivity contribution in [3.8, 4) is 5.75 Å². The molecule has 0 spiro atoms. The van der Waals surface area contributed by atoms with Crippen molar-refractivity contribution in [3.63, 3.8) is 0 Å². The first-order chi connectivity index (χ1) is 15.4. The van der Waals surface area contributed by atoms with Gasteiger partial charge in [-0.1, -0.05) is 17.7 Å². The zero-order valence-corrected chi connectivity index (χ0v) is 17.9. The van der Waals surface area contributed by atoms with Crippen LogP contribution in [0.1, 0.15) is 15.9 Å². The molecule has 0 unspecified atom stereocenters. The number of ether oxygens (including phenoxy) is 2. The van der Waals surface area contributed by atoms with Crippen molar-refractivity contribution < 1.29 is 27.8 Å². The minimum absolute atomic E-state index is 0.0116. The van der Waals surface area contributed by atoms with E-state index in [1.54, 1.807) is 6.07 Å². The Labute approximate surface area is 188 Å². The van der Waals surface area contributed by atoms with Gasteiger partial charge >= 0.3 is 0 Å². The monoisotopic (exact) mass is 465 g/mol. The lowest BCUT2D eigenvalue weighted by atomic mass is 10.1. The van der Waals surface area contributed by atoms with Crippen LogP contribution in [-0.2, 0) is 16.1 Å². The number of likely N-dealkylation sites (tertiary alicyclic amines) is 1. The van der Waals surface area contributed by atoms with E-state index < -0.39 is 17.9 Å². The molecule has 2 N–H and O–H groups in total. The van der Waals surface area contributed by atoms with E-state index in [2.05, 4.69) is 0 Å². The van der Waals surface area contributed by atoms with Crippen molar-refractivity contribution >= 4 is 35.2 Å². The second-order valence-corrected chi connectivity index (χ2v) is 8.18. The first-order valence-corrected chi connectivity index (χ1v) is 10.5. The number of carbonyl (C=O) groups excluding carboxylic acids is 2. The molecule has 4 rings (SSSR count). The van der Waals surface area contributed by atoms with Crippen LogP contribution in [0.15, 0.2) is 30.3 Å². The lowest BCUT2D eigenvalue weighted by Crippen LogP contribution is -2.54. The molecule has 2 heterocycles. The van der Waals surface area contributed by atoms with E-state index in [9.17, 15) is 18.4 Å². The molecule has 7 nitrogen and oxygen atoms in total. The number of amides is 1. The number of hydrogen-bond donors (Lipinski definition) is 1. The largest absolute Gasteiger partial charge is 0.484 e. The molecule has 2 aromatic carbocycles. The molecule has 0 aromatic heterocycles. The fourth-order valence-electron chi connectivity index (χ4n) is 3.56. The predicted molar refractivity (Wildman–Crippen MR) is 115 cm³/mol. The van der Waals surface area contributed by atoms with Gasteiger partial charge in [0.05, 0.1) is 37.1 Å². The maximum atomic E-state index is 14.3. The lowest BCUT2D eigenvalue weighted by molar-refractivity contribution is -0.109. The fraction of sp³-hybridized carbons (Fsp3) is 0.364. The standard InChI is InChI=1S/C22H22ClF2N3O4/c23-18-5-15(27-8-14(24)9-27)2-1-13(18)12-32-16-10-28(11-16)22(30)17-6-20(26)21(7-19(17)25)31-4-3-29/h1-3,5-7,14,16H,4,8-12,26H2. The van der Waals surface area contributed by atoms with Crippen LogP contribution in [-0.4, -0.2) is 62.2 Å². The van der Waals surface area contributed by atoms with E-state index in [1.165, 1.54) is 11.0 Å². The highest BCUT2D eigenvalue weighted by atomic mass is 35.5. The van der Waals surface area contributed by atoms with Crippen LogP contribution in [0.3, 0.4) is 0 Å². The van der Waals surface area contributed by atoms with Gasteiger partial charge in [-0.2, -0.15) is 0 Å². The molecule has 2 aliphatic heterocycles. The van der Waals surface area contributed by atoms with Crippen LogP contribution < -0.4 is 15.4 Å². The van der Waals surface area contributed by atoms with Crippen molar-refractivity contribution in [3.05, 3.63) is 52.3 Å². The highest BCUT2D eigenvalue weighted by molar-refractivity contribution is 6.31. The van der Waals surface area contributed by atoms with Gasteiger partial charge in [-0.05, 0) is 23.8 Å². The van der Waals surface area contributed by atoms with Gasteiger partial charge in [0.2, 0.25) is 0 Å². The summed E-state index contributed by atoms with van der Waals surface area (Å²) in [5, 5.41) is 0.534. The smallest absolute Gasteiger partial charge is 0.257 e. The highest BCUT2D eigenvalue weighted by Gasteiger charge is 2.33. The van der Waals surface area contributed by atoms with Crippen LogP contribution in [0.25, 0.3) is 0 Å². The molecule has 1 amide bonds. The molecule has 2 aromatic rings. The number of benzene rings is 2. The van der Waals surface area contributed by atoms with Crippen molar-refractivity contribution in [2.24, 2.45) is 0 Å². The third-order valence-electron chi connectivity index (χ3n) is 5.49. The lowest BCUT2D eigenvalue weighted by Gasteiger charge is -2.39. The Bertz CT molecular complexity index is 1030. The van der Waals surface area contributed by atoms with Crippen LogP contribution in [0.2, 0.25) is 5.02 Å². The molecule has 0 saturated carbocycles. The Kier molecular flexibility index (Phi) is 6.48. The average Bonchev–Trinajstić information content (AvgIpc) is 2.71. The molecular formula is C22H22ClF2N3O4. The van der Waals surface area contributed by atoms with Crippen LogP contribution in [0.5, 0.6) is 5.75 Å². The third-order valence-corrected chi connectivity index (χ3v) is 5.84. The number of alkyl halides is 1. The van der Waals surface area contributed by atoms with Gasteiger partial charge in [-0.25, -0.2) is 8.78 Å². The number of carbonyl (C=O) groups is 2. The Balaban J connectivity index is 1.28. The average molecular weight is 466 g/mol. The topological polar surface area (TPSA) is 85.1 Å². The zero-order valence-electron chi connectivity index (χ0n) is 17.1. The summed E-state index contributed by atoms with van der Waals surface area (Å²) >= 11 is 6.32. The van der Waals surface area contributed by atoms with Gasteiger partial charge in [-0.15, -0.1) is 0 Å². The number of nitrogens with two attached hydrogens (primary N) is 1. The fourth-order valence-corrected chi connectivity index (χ4v) is 3.79. The summed E-state index contributed by atoms with van der Waals surface area (Å²) in [5.41, 5.74) is 7.36. The van der Waals surface area contributed by atoms with E-state index in [4.69, 9.17) is 26.8 Å². The Morgan fingerprint density at radius 3 is 2.62 bits per heavy atom. The van der Waals surface area contributed by atoms with Crippen LogP contribution >= 0.6 is 11.6 Å². The summed E-state index contributed by atoms with van der Waals surface area (Å²) in [6.45, 7) is 1.37. The Morgan fingerprint density at radius 1 is 1.22 bits per heavy atom. The quantitative estimate of drug-likeness (QED) is 0.476. The van der Waals surface area contributed by atoms with Crippen molar-refractivity contribution in [2.75, 3.05) is 43.4 Å². The number of anilines is 2. The van der Waals surface area contributed by atoms with Crippen molar-refractivity contribution in [2.45, 2.75) is 18.9 Å². The second kappa shape index (κ2) is 9.30. The SMILES string of the molecule is Nc1cc(C(=O)N2CC(OCc3ccc(N4CC(F)C4)cc3Cl)C2)c(F)cc1OCC=O. The molecule has 0 aliphatic carbocycles. The highest BCUT2D eigenvalue weighted by Crippen LogP contribution is 2.30. The Hall–Kier alpha value is -2.91. The molecule has 170 valence electrons. The number of nitrogen functional groups attached to an aromatic ring is 1. The molecule has 10 heteroatoms. The third kappa shape index (κ3) is 4.63. The summed E-state index contributed by atoms with van der Waals surface area (Å²) in [7, 11) is 0. The summed E-state index contributed by atoms with van der Waals surface area (Å²) in [5.74, 6) is -1.26. The van der Waals surface area contributed by atoms with Gasteiger partial charge in [0.15, 0.2) is 6.29 Å². The molecule has 2 aliphatic rings. The normalized spacial score (nSPS) is 16.5. The van der Waals surface area contributed by atoms with E-state index in [1.807, 2.05) is 17.0 Å². The minimum Gasteiger partial charge on any atom is -0.484 e. The number of halogens is 3. The van der Waals surface area contributed by atoms with Crippen molar-refractivity contribution in [1.29, 1.82) is 0 Å². The molecule has 0 radical (unpaired) electrons. The number of aldehydes is 1. The maximum absolute atomic E-state index is 14.3. The van der Waals surface area contributed by atoms with Crippen molar-refractivity contribution in [1.82, 2.24) is 4.90 Å². The van der Waals surface area contributed by atoms with E-state index >= 15 is 0 Å². The van der Waals surface area contributed by atoms with Gasteiger partial charge < -0.3 is 25.0 Å². The summed E-state index contributed by atoms with van der Waals surface area (Å²) < 4.78 is 38.2. The summed E-state index contributed by atoms with van der Waals surface area (Å²) in [4.78, 5) is 26.3. The zero-order chi connectivity index (χ0) is 22.8. The van der Waals surface area contributed by atoms with Gasteiger partial charge in [0, 0.05) is 29.9 Å². The number of rotatable bonds is 8. The molecule has 32 heavy (non-hydrogen) atoms. The van der Waals surface area contributed by atoms with Gasteiger partial charge in [-0.3, -0.25) is 9.59 Å². The maximum Gasteiger partial charge on any atom is 0.257 e. The molecule has 0 bridgehead atoms. The molecular weight excluding hydrogens is 444 g/mol. The van der Waals surface area contributed by atoms with Crippen LogP contribution in [0, 0.1) is 5.82 Å². The molecule has 2 saturated heterocycles. The Morgan fingerprint density at radius 2 is 1.97 bits per heavy atom. The number of nitrogens with zero attached hydrogens (tertiary/aromatic N) is 2. The van der Waals surface area contributed by atoms with Crippen LogP contribution in [0.4, 0.5) is 20.2 Å². The summed E-state index contributed by atoms with van der Waals surface area (Å²) in [6, 6.07) is 7.72. The first kappa shape index (κ1) is 22.3. The molecule has 2 fully saturated rings. The van der Waals surface area contributed by atoms with Gasteiger partial charge in [0.25, 0.3) is 5.91 Å². The number of hydrogen-bond acceptors (Lipinski definition) is 6. The van der Waals surface area contributed by atoms with E-state index in [0.29, 0.717) is 37.5 Å². The predicted octanol–water partition coefficient (Wildman–Crippen LogP) is 2.84. The first-order valence-electron chi connectivity index (χ1n) is 10.1. The minimum atomic E-state index is -0.792. The summed E-state index contributed by atoms with van der Waals surface area (Å²) in [6.07, 6.45) is -0.474. The second-order valence-electron chi connectivity index (χ2n) is 7.77.